The second-order valence-corrected chi connectivity index (χ2v) is 5.99. The minimum atomic E-state index is -0.725. The van der Waals surface area contributed by atoms with Gasteiger partial charge in [-0.15, -0.1) is 0 Å². The molecule has 4 nitrogen and oxygen atoms in total. The molecule has 2 N–H and O–H groups in total. The number of aliphatic hydroxyl groups is 2. The summed E-state index contributed by atoms with van der Waals surface area (Å²) < 4.78 is 11.3. The summed E-state index contributed by atoms with van der Waals surface area (Å²) >= 11 is 0. The lowest BCUT2D eigenvalue weighted by Crippen LogP contribution is -2.47. The Labute approximate surface area is 103 Å². The molecule has 17 heavy (non-hydrogen) atoms. The van der Waals surface area contributed by atoms with Gasteiger partial charge in [-0.3, -0.25) is 0 Å². The molecule has 0 aromatic rings. The van der Waals surface area contributed by atoms with E-state index in [4.69, 9.17) is 14.6 Å². The van der Waals surface area contributed by atoms with Gasteiger partial charge in [0.2, 0.25) is 0 Å². The first kappa shape index (κ1) is 13.3. The van der Waals surface area contributed by atoms with Crippen LogP contribution in [0.5, 0.6) is 0 Å². The Balaban J connectivity index is 1.82. The van der Waals surface area contributed by atoms with Gasteiger partial charge in [-0.2, -0.15) is 0 Å². The molecule has 2 aliphatic rings. The highest BCUT2D eigenvalue weighted by atomic mass is 16.6. The molecule has 2 aliphatic heterocycles. The molecule has 0 spiro atoms. The average molecular weight is 244 g/mol. The van der Waals surface area contributed by atoms with Crippen molar-refractivity contribution in [2.45, 2.75) is 76.0 Å². The molecule has 4 heteroatoms. The molecule has 100 valence electrons. The Hall–Kier alpha value is -0.160. The maximum atomic E-state index is 10.3. The van der Waals surface area contributed by atoms with Crippen LogP contribution in [0.1, 0.15) is 46.5 Å². The van der Waals surface area contributed by atoms with E-state index in [0.717, 1.165) is 25.7 Å². The van der Waals surface area contributed by atoms with E-state index in [2.05, 4.69) is 0 Å². The highest BCUT2D eigenvalue weighted by Gasteiger charge is 2.52. The first-order chi connectivity index (χ1) is 7.87. The summed E-state index contributed by atoms with van der Waals surface area (Å²) in [5.74, 6) is 0. The third kappa shape index (κ3) is 2.81. The van der Waals surface area contributed by atoms with E-state index in [0.29, 0.717) is 0 Å². The summed E-state index contributed by atoms with van der Waals surface area (Å²) in [6.45, 7) is 5.88. The van der Waals surface area contributed by atoms with Gasteiger partial charge in [0.1, 0.15) is 5.60 Å². The second-order valence-electron chi connectivity index (χ2n) is 5.99. The molecular formula is C13H24O4. The fourth-order valence-electron chi connectivity index (χ4n) is 2.63. The molecule has 0 unspecified atom stereocenters. The van der Waals surface area contributed by atoms with Crippen molar-refractivity contribution >= 4 is 0 Å². The molecule has 0 amide bonds. The van der Waals surface area contributed by atoms with E-state index in [-0.39, 0.29) is 30.5 Å². The molecule has 0 radical (unpaired) electrons. The maximum Gasteiger partial charge on any atom is 0.115 e. The van der Waals surface area contributed by atoms with Crippen molar-refractivity contribution in [2.24, 2.45) is 0 Å². The Morgan fingerprint density at radius 2 is 1.88 bits per heavy atom. The first-order valence-corrected chi connectivity index (χ1v) is 6.54. The van der Waals surface area contributed by atoms with Crippen molar-refractivity contribution in [3.8, 4) is 0 Å². The molecule has 0 saturated carbocycles. The summed E-state index contributed by atoms with van der Waals surface area (Å²) in [6, 6.07) is 0. The highest BCUT2D eigenvalue weighted by molar-refractivity contribution is 4.99. The van der Waals surface area contributed by atoms with Crippen molar-refractivity contribution in [3.05, 3.63) is 0 Å². The summed E-state index contributed by atoms with van der Waals surface area (Å²) in [5, 5.41) is 19.4. The Morgan fingerprint density at radius 1 is 1.24 bits per heavy atom. The van der Waals surface area contributed by atoms with E-state index in [1.54, 1.807) is 0 Å². The van der Waals surface area contributed by atoms with Gasteiger partial charge in [0.25, 0.3) is 0 Å². The quantitative estimate of drug-likeness (QED) is 0.730. The fourth-order valence-corrected chi connectivity index (χ4v) is 2.63. The van der Waals surface area contributed by atoms with Crippen LogP contribution in [0.4, 0.5) is 0 Å². The summed E-state index contributed by atoms with van der Waals surface area (Å²) in [6.07, 6.45) is 3.56. The van der Waals surface area contributed by atoms with Crippen LogP contribution in [0.2, 0.25) is 0 Å². The minimum absolute atomic E-state index is 0.0655. The molecule has 0 aromatic heterocycles. The SMILES string of the molecule is C[C@H]1CC[C@](C)(O)[C@@H](CC[C@@H]2O[C@@]2(C)CO)O1. The maximum absolute atomic E-state index is 10.3. The zero-order valence-electron chi connectivity index (χ0n) is 11.0. The topological polar surface area (TPSA) is 62.2 Å². The smallest absolute Gasteiger partial charge is 0.115 e. The minimum Gasteiger partial charge on any atom is -0.393 e. The molecule has 0 bridgehead atoms. The first-order valence-electron chi connectivity index (χ1n) is 6.54. The van der Waals surface area contributed by atoms with Crippen LogP contribution in [0, 0.1) is 0 Å². The third-order valence-corrected chi connectivity index (χ3v) is 4.19. The average Bonchev–Trinajstić information content (AvgIpc) is 2.92. The molecule has 2 rings (SSSR count). The van der Waals surface area contributed by atoms with E-state index in [1.165, 1.54) is 0 Å². The van der Waals surface area contributed by atoms with Crippen LogP contribution in [0.15, 0.2) is 0 Å². The van der Waals surface area contributed by atoms with Crippen molar-refractivity contribution in [2.75, 3.05) is 6.61 Å². The van der Waals surface area contributed by atoms with Crippen LogP contribution in [-0.4, -0.2) is 46.3 Å². The Morgan fingerprint density at radius 3 is 2.47 bits per heavy atom. The highest BCUT2D eigenvalue weighted by Crippen LogP contribution is 2.40. The molecule has 2 saturated heterocycles. The predicted octanol–water partition coefficient (Wildman–Crippen LogP) is 1.23. The van der Waals surface area contributed by atoms with Crippen molar-refractivity contribution in [3.63, 3.8) is 0 Å². The van der Waals surface area contributed by atoms with Crippen LogP contribution < -0.4 is 0 Å². The zero-order chi connectivity index (χ0) is 12.7. The van der Waals surface area contributed by atoms with Gasteiger partial charge >= 0.3 is 0 Å². The van der Waals surface area contributed by atoms with Crippen molar-refractivity contribution in [1.29, 1.82) is 0 Å². The number of ether oxygens (including phenoxy) is 2. The number of aliphatic hydroxyl groups excluding tert-OH is 1. The van der Waals surface area contributed by atoms with Gasteiger partial charge in [0.05, 0.1) is 30.5 Å². The normalized spacial score (nSPS) is 50.3. The Bertz CT molecular complexity index is 279. The predicted molar refractivity (Wildman–Crippen MR) is 63.8 cm³/mol. The molecule has 2 fully saturated rings. The van der Waals surface area contributed by atoms with Crippen LogP contribution in [0.3, 0.4) is 0 Å². The lowest BCUT2D eigenvalue weighted by atomic mass is 9.85. The van der Waals surface area contributed by atoms with Gasteiger partial charge in [-0.05, 0) is 46.5 Å². The lowest BCUT2D eigenvalue weighted by Gasteiger charge is -2.40. The van der Waals surface area contributed by atoms with E-state index in [9.17, 15) is 5.11 Å². The molecular weight excluding hydrogens is 220 g/mol. The standard InChI is InChI=1S/C13H24O4/c1-9-6-7-12(2,15)10(16-9)4-5-11-13(3,8-14)17-11/h9-11,14-15H,4-8H2,1-3H3/t9-,10+,11-,12-,13-/m0/s1. The lowest BCUT2D eigenvalue weighted by molar-refractivity contribution is -0.165. The number of hydrogen-bond acceptors (Lipinski definition) is 4. The fraction of sp³-hybridized carbons (Fsp3) is 1.00. The van der Waals surface area contributed by atoms with Gasteiger partial charge in [0, 0.05) is 0 Å². The molecule has 5 atom stereocenters. The molecule has 0 aliphatic carbocycles. The third-order valence-electron chi connectivity index (χ3n) is 4.19. The zero-order valence-corrected chi connectivity index (χ0v) is 11.0. The summed E-state index contributed by atoms with van der Waals surface area (Å²) in [4.78, 5) is 0. The summed E-state index contributed by atoms with van der Waals surface area (Å²) in [7, 11) is 0. The largest absolute Gasteiger partial charge is 0.393 e. The number of rotatable bonds is 4. The van der Waals surface area contributed by atoms with Gasteiger partial charge in [0.15, 0.2) is 0 Å². The second kappa shape index (κ2) is 4.50. The van der Waals surface area contributed by atoms with E-state index >= 15 is 0 Å². The molecule has 0 aromatic carbocycles. The molecule has 2 heterocycles. The monoisotopic (exact) mass is 244 g/mol. The van der Waals surface area contributed by atoms with Gasteiger partial charge < -0.3 is 19.7 Å². The van der Waals surface area contributed by atoms with Gasteiger partial charge in [-0.1, -0.05) is 0 Å². The van der Waals surface area contributed by atoms with Crippen LogP contribution >= 0.6 is 0 Å². The van der Waals surface area contributed by atoms with Crippen LogP contribution in [-0.2, 0) is 9.47 Å². The van der Waals surface area contributed by atoms with Crippen molar-refractivity contribution in [1.82, 2.24) is 0 Å². The number of epoxide rings is 1. The summed E-state index contributed by atoms with van der Waals surface area (Å²) in [5.41, 5.74) is -1.08. The Kier molecular flexibility index (Phi) is 3.51. The van der Waals surface area contributed by atoms with Gasteiger partial charge in [-0.25, -0.2) is 0 Å². The number of hydrogen-bond donors (Lipinski definition) is 2. The van der Waals surface area contributed by atoms with E-state index < -0.39 is 5.60 Å². The van der Waals surface area contributed by atoms with Crippen molar-refractivity contribution < 1.29 is 19.7 Å². The van der Waals surface area contributed by atoms with E-state index in [1.807, 2.05) is 20.8 Å². The van der Waals surface area contributed by atoms with Crippen LogP contribution in [0.25, 0.3) is 0 Å².